The van der Waals surface area contributed by atoms with Crippen molar-refractivity contribution in [2.75, 3.05) is 0 Å². The fourth-order valence-corrected chi connectivity index (χ4v) is 3.12. The van der Waals surface area contributed by atoms with Gasteiger partial charge in [-0.1, -0.05) is 60.7 Å². The van der Waals surface area contributed by atoms with E-state index in [1.807, 2.05) is 36.4 Å². The van der Waals surface area contributed by atoms with Crippen molar-refractivity contribution in [3.8, 4) is 5.95 Å². The highest BCUT2D eigenvalue weighted by Crippen LogP contribution is 2.28. The number of hydrogen-bond acceptors (Lipinski definition) is 5. The summed E-state index contributed by atoms with van der Waals surface area (Å²) in [7, 11) is 0. The highest BCUT2D eigenvalue weighted by molar-refractivity contribution is 5.93. The summed E-state index contributed by atoms with van der Waals surface area (Å²) in [5.41, 5.74) is 0.591. The molecule has 2 aromatic carbocycles. The van der Waals surface area contributed by atoms with Crippen molar-refractivity contribution in [1.29, 1.82) is 0 Å². The van der Waals surface area contributed by atoms with Crippen LogP contribution in [0.25, 0.3) is 5.95 Å². The second-order valence-electron chi connectivity index (χ2n) is 6.62. The predicted octanol–water partition coefficient (Wildman–Crippen LogP) is 2.16. The van der Waals surface area contributed by atoms with Crippen LogP contribution in [0.15, 0.2) is 90.1 Å². The van der Waals surface area contributed by atoms with Gasteiger partial charge in [0.05, 0.1) is 6.04 Å². The van der Waals surface area contributed by atoms with Crippen molar-refractivity contribution < 1.29 is 9.90 Å². The molecule has 8 nitrogen and oxygen atoms in total. The quantitative estimate of drug-likeness (QED) is 0.458. The Bertz CT molecular complexity index is 1170. The third-order valence-electron chi connectivity index (χ3n) is 4.65. The van der Waals surface area contributed by atoms with Gasteiger partial charge < -0.3 is 10.4 Å². The van der Waals surface area contributed by atoms with Crippen LogP contribution in [0.4, 0.5) is 0 Å². The number of rotatable bonds is 6. The molecule has 3 N–H and O–H groups in total. The monoisotopic (exact) mass is 401 g/mol. The Morgan fingerprint density at radius 2 is 1.67 bits per heavy atom. The van der Waals surface area contributed by atoms with Crippen LogP contribution in [0.3, 0.4) is 0 Å². The van der Waals surface area contributed by atoms with E-state index in [-0.39, 0.29) is 11.5 Å². The van der Waals surface area contributed by atoms with Crippen molar-refractivity contribution in [1.82, 2.24) is 25.1 Å². The Morgan fingerprint density at radius 3 is 2.27 bits per heavy atom. The predicted molar refractivity (Wildman–Crippen MR) is 110 cm³/mol. The van der Waals surface area contributed by atoms with Crippen LogP contribution in [-0.2, 0) is 0 Å². The van der Waals surface area contributed by atoms with Crippen LogP contribution in [0.1, 0.15) is 33.6 Å². The number of carbonyl (C=O) groups is 1. The number of nitrogens with one attached hydrogen (secondary N) is 2. The lowest BCUT2D eigenvalue weighted by molar-refractivity contribution is 0.0829. The third-order valence-corrected chi connectivity index (χ3v) is 4.65. The van der Waals surface area contributed by atoms with Crippen LogP contribution in [0.2, 0.25) is 0 Å². The minimum atomic E-state index is -1.01. The maximum Gasteiger partial charge on any atom is 0.265 e. The summed E-state index contributed by atoms with van der Waals surface area (Å²) in [5, 5.41) is 17.7. The van der Waals surface area contributed by atoms with Crippen LogP contribution in [0.5, 0.6) is 0 Å². The number of nitrogens with zero attached hydrogens (tertiary/aromatic N) is 3. The van der Waals surface area contributed by atoms with Gasteiger partial charge >= 0.3 is 0 Å². The first kappa shape index (κ1) is 19.3. The standard InChI is InChI=1S/C22H19N5O3/c28-19(16-10-5-2-6-11-16)18(15-8-3-1-4-9-15)25-20(29)17-14-23-22(26-21(17)30)27-13-7-12-24-27/h1-14,18-19,28H,(H,25,29)(H,23,26,30)/t18-,19+/m1/s1. The highest BCUT2D eigenvalue weighted by atomic mass is 16.3. The molecule has 0 saturated carbocycles. The number of hydrogen-bond donors (Lipinski definition) is 3. The largest absolute Gasteiger partial charge is 0.386 e. The minimum absolute atomic E-state index is 0.160. The van der Waals surface area contributed by atoms with Gasteiger partial charge in [0.2, 0.25) is 5.95 Å². The average Bonchev–Trinajstić information content (AvgIpc) is 3.33. The smallest absolute Gasteiger partial charge is 0.265 e. The maximum absolute atomic E-state index is 12.9. The van der Waals surface area contributed by atoms with Gasteiger partial charge in [-0.3, -0.25) is 14.6 Å². The Balaban J connectivity index is 1.63. The molecule has 8 heteroatoms. The summed E-state index contributed by atoms with van der Waals surface area (Å²) < 4.78 is 1.38. The summed E-state index contributed by atoms with van der Waals surface area (Å²) in [5.74, 6) is -0.440. The molecule has 0 bridgehead atoms. The molecular weight excluding hydrogens is 382 g/mol. The summed E-state index contributed by atoms with van der Waals surface area (Å²) >= 11 is 0. The van der Waals surface area contributed by atoms with E-state index in [4.69, 9.17) is 0 Å². The van der Waals surface area contributed by atoms with Crippen molar-refractivity contribution >= 4 is 5.91 Å². The molecule has 2 atom stereocenters. The third kappa shape index (κ3) is 4.03. The number of aromatic nitrogens is 4. The molecule has 0 aliphatic rings. The number of aromatic amines is 1. The molecule has 0 aliphatic carbocycles. The first-order chi connectivity index (χ1) is 14.6. The fraction of sp³-hybridized carbons (Fsp3) is 0.0909. The van der Waals surface area contributed by atoms with Crippen molar-refractivity contribution in [2.45, 2.75) is 12.1 Å². The van der Waals surface area contributed by atoms with E-state index in [0.717, 1.165) is 0 Å². The van der Waals surface area contributed by atoms with E-state index < -0.39 is 23.6 Å². The molecule has 0 fully saturated rings. The first-order valence-corrected chi connectivity index (χ1v) is 9.31. The molecule has 0 radical (unpaired) electrons. The number of H-pyrrole nitrogens is 1. The Hall–Kier alpha value is -4.04. The first-order valence-electron chi connectivity index (χ1n) is 9.31. The molecule has 30 heavy (non-hydrogen) atoms. The molecule has 0 spiro atoms. The number of benzene rings is 2. The lowest BCUT2D eigenvalue weighted by atomic mass is 9.95. The van der Waals surface area contributed by atoms with Gasteiger partial charge in [-0.15, -0.1) is 0 Å². The normalized spacial score (nSPS) is 12.8. The van der Waals surface area contributed by atoms with Crippen LogP contribution < -0.4 is 10.9 Å². The second-order valence-corrected chi connectivity index (χ2v) is 6.62. The summed E-state index contributed by atoms with van der Waals surface area (Å²) in [4.78, 5) is 32.0. The molecule has 0 saturated heterocycles. The van der Waals surface area contributed by atoms with Crippen molar-refractivity contribution in [3.05, 3.63) is 112 Å². The number of carbonyl (C=O) groups excluding carboxylic acids is 1. The molecule has 2 aromatic heterocycles. The van der Waals surface area contributed by atoms with E-state index in [1.165, 1.54) is 10.9 Å². The van der Waals surface area contributed by atoms with Crippen molar-refractivity contribution in [2.24, 2.45) is 0 Å². The highest BCUT2D eigenvalue weighted by Gasteiger charge is 2.26. The number of aliphatic hydroxyl groups is 1. The Kier molecular flexibility index (Phi) is 5.49. The number of amides is 1. The molecule has 1 amide bonds. The zero-order valence-corrected chi connectivity index (χ0v) is 15.8. The fourth-order valence-electron chi connectivity index (χ4n) is 3.12. The maximum atomic E-state index is 12.9. The van der Waals surface area contributed by atoms with Gasteiger partial charge in [-0.05, 0) is 17.2 Å². The zero-order chi connectivity index (χ0) is 20.9. The second kappa shape index (κ2) is 8.54. The topological polar surface area (TPSA) is 113 Å². The average molecular weight is 401 g/mol. The minimum Gasteiger partial charge on any atom is -0.386 e. The van der Waals surface area contributed by atoms with Gasteiger partial charge in [0.1, 0.15) is 11.7 Å². The molecule has 4 rings (SSSR count). The zero-order valence-electron chi connectivity index (χ0n) is 15.8. The molecular formula is C22H19N5O3. The Morgan fingerprint density at radius 1 is 1.00 bits per heavy atom. The van der Waals surface area contributed by atoms with E-state index in [1.54, 1.807) is 42.7 Å². The van der Waals surface area contributed by atoms with Gasteiger partial charge in [-0.25, -0.2) is 9.67 Å². The van der Waals surface area contributed by atoms with Gasteiger partial charge in [-0.2, -0.15) is 5.10 Å². The molecule has 0 aliphatic heterocycles. The van der Waals surface area contributed by atoms with E-state index in [2.05, 4.69) is 20.4 Å². The summed E-state index contributed by atoms with van der Waals surface area (Å²) in [6.45, 7) is 0. The lowest BCUT2D eigenvalue weighted by Crippen LogP contribution is -2.36. The van der Waals surface area contributed by atoms with Crippen LogP contribution in [0, 0.1) is 0 Å². The van der Waals surface area contributed by atoms with E-state index >= 15 is 0 Å². The van der Waals surface area contributed by atoms with E-state index in [9.17, 15) is 14.7 Å². The lowest BCUT2D eigenvalue weighted by Gasteiger charge is -2.25. The van der Waals surface area contributed by atoms with Crippen LogP contribution >= 0.6 is 0 Å². The van der Waals surface area contributed by atoms with Gasteiger partial charge in [0.15, 0.2) is 0 Å². The van der Waals surface area contributed by atoms with Crippen LogP contribution in [-0.4, -0.2) is 30.8 Å². The molecule has 2 heterocycles. The Labute approximate surface area is 171 Å². The number of aliphatic hydroxyl groups excluding tert-OH is 1. The summed E-state index contributed by atoms with van der Waals surface area (Å²) in [6, 6.07) is 19.1. The van der Waals surface area contributed by atoms with E-state index in [0.29, 0.717) is 11.1 Å². The summed E-state index contributed by atoms with van der Waals surface area (Å²) in [6.07, 6.45) is 3.37. The molecule has 150 valence electrons. The molecule has 4 aromatic rings. The van der Waals surface area contributed by atoms with Gasteiger partial charge in [0, 0.05) is 18.6 Å². The van der Waals surface area contributed by atoms with Crippen molar-refractivity contribution in [3.63, 3.8) is 0 Å². The molecule has 0 unspecified atom stereocenters. The van der Waals surface area contributed by atoms with Gasteiger partial charge in [0.25, 0.3) is 11.5 Å². The SMILES string of the molecule is O=C(N[C@H](c1ccccc1)[C@@H](O)c1ccccc1)c1cnc(-n2cccn2)[nH]c1=O.